The molecule has 1 fully saturated rings. The molecule has 3 atom stereocenters. The van der Waals surface area contributed by atoms with Crippen LogP contribution in [0.5, 0.6) is 0 Å². The van der Waals surface area contributed by atoms with Crippen molar-refractivity contribution in [1.29, 1.82) is 0 Å². The van der Waals surface area contributed by atoms with Crippen LogP contribution in [0.1, 0.15) is 83.1 Å². The third kappa shape index (κ3) is 10.6. The molecule has 1 N–H and O–H groups in total. The normalized spacial score (nSPS) is 18.1. The molecule has 0 aromatic heterocycles. The van der Waals surface area contributed by atoms with E-state index in [9.17, 15) is 14.7 Å². The number of aryl methyl sites for hydroxylation is 1. The summed E-state index contributed by atoms with van der Waals surface area (Å²) in [7, 11) is 1.42. The highest BCUT2D eigenvalue weighted by atomic mass is 16.5. The van der Waals surface area contributed by atoms with Crippen LogP contribution < -0.4 is 0 Å². The van der Waals surface area contributed by atoms with Crippen LogP contribution in [0.2, 0.25) is 0 Å². The zero-order chi connectivity index (χ0) is 23.9. The van der Waals surface area contributed by atoms with Gasteiger partial charge in [-0.05, 0) is 50.0 Å². The number of aliphatic hydroxyl groups excluding tert-OH is 1. The Morgan fingerprint density at radius 2 is 1.85 bits per heavy atom. The van der Waals surface area contributed by atoms with Crippen LogP contribution in [0, 0.1) is 5.92 Å². The number of aliphatic hydroxyl groups is 1. The van der Waals surface area contributed by atoms with Gasteiger partial charge < -0.3 is 14.7 Å². The number of hydrogen-bond donors (Lipinski definition) is 1. The number of likely N-dealkylation sites (tertiary alicyclic amines) is 1. The number of benzene rings is 1. The zero-order valence-electron chi connectivity index (χ0n) is 20.6. The lowest BCUT2D eigenvalue weighted by Gasteiger charge is -2.23. The summed E-state index contributed by atoms with van der Waals surface area (Å²) in [4.78, 5) is 25.4. The van der Waals surface area contributed by atoms with Gasteiger partial charge in [-0.1, -0.05) is 75.1 Å². The van der Waals surface area contributed by atoms with E-state index in [1.54, 1.807) is 0 Å². The summed E-state index contributed by atoms with van der Waals surface area (Å²) in [6.45, 7) is 2.86. The first kappa shape index (κ1) is 27.1. The second-order valence-corrected chi connectivity index (χ2v) is 9.37. The first-order valence-corrected chi connectivity index (χ1v) is 12.8. The van der Waals surface area contributed by atoms with E-state index in [0.717, 1.165) is 57.9 Å². The van der Waals surface area contributed by atoms with Gasteiger partial charge in [0.1, 0.15) is 0 Å². The maximum Gasteiger partial charge on any atom is 0.305 e. The van der Waals surface area contributed by atoms with Crippen molar-refractivity contribution in [2.75, 3.05) is 13.7 Å². The smallest absolute Gasteiger partial charge is 0.305 e. The molecular weight excluding hydrogens is 414 g/mol. The predicted octanol–water partition coefficient (Wildman–Crippen LogP) is 5.46. The average molecular weight is 458 g/mol. The Labute approximate surface area is 200 Å². The molecule has 0 aliphatic carbocycles. The van der Waals surface area contributed by atoms with Gasteiger partial charge in [0.05, 0.1) is 19.3 Å². The minimum atomic E-state index is -0.463. The number of rotatable bonds is 16. The monoisotopic (exact) mass is 457 g/mol. The molecule has 0 radical (unpaired) electrons. The molecule has 0 bridgehead atoms. The summed E-state index contributed by atoms with van der Waals surface area (Å²) >= 11 is 0. The summed E-state index contributed by atoms with van der Waals surface area (Å²) in [5, 5.41) is 10.6. The van der Waals surface area contributed by atoms with Gasteiger partial charge in [-0.25, -0.2) is 0 Å². The van der Waals surface area contributed by atoms with Crippen molar-refractivity contribution in [2.24, 2.45) is 5.92 Å². The van der Waals surface area contributed by atoms with Gasteiger partial charge in [0.25, 0.3) is 0 Å². The molecule has 1 aromatic rings. The highest BCUT2D eigenvalue weighted by Gasteiger charge is 2.28. The summed E-state index contributed by atoms with van der Waals surface area (Å²) < 4.78 is 4.66. The lowest BCUT2D eigenvalue weighted by Crippen LogP contribution is -2.33. The Hall–Kier alpha value is -2.14. The highest BCUT2D eigenvalue weighted by Crippen LogP contribution is 2.22. The SMILES string of the molecule is COC(=O)CCCCCCN1C(=O)CC[C@@H]1C=C[C@@H](O)[C@@H](C)CCCCCc1ccccc1. The van der Waals surface area contributed by atoms with E-state index in [-0.39, 0.29) is 23.8 Å². The molecule has 1 aromatic carbocycles. The quantitative estimate of drug-likeness (QED) is 0.203. The van der Waals surface area contributed by atoms with E-state index in [1.807, 2.05) is 17.1 Å². The first-order valence-electron chi connectivity index (χ1n) is 12.8. The number of unbranched alkanes of at least 4 members (excludes halogenated alkanes) is 5. The lowest BCUT2D eigenvalue weighted by atomic mass is 9.95. The molecule has 1 aliphatic rings. The van der Waals surface area contributed by atoms with Crippen molar-refractivity contribution in [3.05, 3.63) is 48.0 Å². The van der Waals surface area contributed by atoms with Crippen LogP contribution in [-0.4, -0.2) is 47.7 Å². The van der Waals surface area contributed by atoms with Crippen molar-refractivity contribution < 1.29 is 19.4 Å². The van der Waals surface area contributed by atoms with Gasteiger partial charge in [0, 0.05) is 19.4 Å². The van der Waals surface area contributed by atoms with E-state index >= 15 is 0 Å². The largest absolute Gasteiger partial charge is 0.469 e. The molecule has 2 rings (SSSR count). The maximum absolute atomic E-state index is 12.3. The second-order valence-electron chi connectivity index (χ2n) is 9.37. The minimum absolute atomic E-state index is 0.0975. The maximum atomic E-state index is 12.3. The fraction of sp³-hybridized carbons (Fsp3) is 0.643. The minimum Gasteiger partial charge on any atom is -0.469 e. The van der Waals surface area contributed by atoms with Crippen molar-refractivity contribution in [2.45, 2.75) is 96.1 Å². The average Bonchev–Trinajstić information content (AvgIpc) is 3.18. The van der Waals surface area contributed by atoms with Gasteiger partial charge in [0.2, 0.25) is 5.91 Å². The van der Waals surface area contributed by atoms with Gasteiger partial charge >= 0.3 is 5.97 Å². The number of amides is 1. The fourth-order valence-electron chi connectivity index (χ4n) is 4.47. The van der Waals surface area contributed by atoms with Crippen molar-refractivity contribution >= 4 is 11.9 Å². The molecule has 5 nitrogen and oxygen atoms in total. The molecular formula is C28H43NO4. The zero-order valence-corrected chi connectivity index (χ0v) is 20.6. The van der Waals surface area contributed by atoms with Crippen LogP contribution in [0.4, 0.5) is 0 Å². The number of ether oxygens (including phenoxy) is 1. The van der Waals surface area contributed by atoms with E-state index in [2.05, 4.69) is 42.0 Å². The summed E-state index contributed by atoms with van der Waals surface area (Å²) in [5.41, 5.74) is 1.39. The summed E-state index contributed by atoms with van der Waals surface area (Å²) in [6.07, 6.45) is 14.7. The van der Waals surface area contributed by atoms with E-state index < -0.39 is 6.10 Å². The molecule has 0 unspecified atom stereocenters. The van der Waals surface area contributed by atoms with E-state index in [1.165, 1.54) is 25.5 Å². The summed E-state index contributed by atoms with van der Waals surface area (Å²) in [5.74, 6) is 0.272. The Bertz CT molecular complexity index is 718. The van der Waals surface area contributed by atoms with E-state index in [0.29, 0.717) is 12.8 Å². The van der Waals surface area contributed by atoms with Crippen molar-refractivity contribution in [3.63, 3.8) is 0 Å². The lowest BCUT2D eigenvalue weighted by molar-refractivity contribution is -0.140. The molecule has 33 heavy (non-hydrogen) atoms. The van der Waals surface area contributed by atoms with Crippen LogP contribution in [0.15, 0.2) is 42.5 Å². The number of nitrogens with zero attached hydrogens (tertiary/aromatic N) is 1. The summed E-state index contributed by atoms with van der Waals surface area (Å²) in [6, 6.07) is 10.7. The molecule has 184 valence electrons. The molecule has 1 amide bonds. The molecule has 0 saturated carbocycles. The van der Waals surface area contributed by atoms with Gasteiger partial charge in [-0.3, -0.25) is 9.59 Å². The molecule has 1 aliphatic heterocycles. The van der Waals surface area contributed by atoms with Crippen LogP contribution in [-0.2, 0) is 20.7 Å². The van der Waals surface area contributed by atoms with Crippen molar-refractivity contribution in [1.82, 2.24) is 4.90 Å². The Morgan fingerprint density at radius 3 is 2.61 bits per heavy atom. The predicted molar refractivity (Wildman–Crippen MR) is 133 cm³/mol. The molecule has 1 heterocycles. The standard InChI is InChI=1S/C28H43NO4/c1-23(13-7-5-8-14-24-15-9-6-10-16-24)26(30)20-18-25-19-21-27(31)29(25)22-12-4-3-11-17-28(32)33-2/h6,9-10,15-16,18,20,23,25-26,30H,3-5,7-8,11-14,17,19,21-22H2,1-2H3/t23-,25-,26+/m0/s1. The number of carbonyl (C=O) groups is 2. The van der Waals surface area contributed by atoms with Crippen LogP contribution >= 0.6 is 0 Å². The molecule has 0 spiro atoms. The number of methoxy groups -OCH3 is 1. The first-order chi connectivity index (χ1) is 16.0. The molecule has 5 heteroatoms. The number of carbonyl (C=O) groups excluding carboxylic acids is 2. The Morgan fingerprint density at radius 1 is 1.12 bits per heavy atom. The third-order valence-corrected chi connectivity index (χ3v) is 6.71. The van der Waals surface area contributed by atoms with Crippen molar-refractivity contribution in [3.8, 4) is 0 Å². The highest BCUT2D eigenvalue weighted by molar-refractivity contribution is 5.79. The van der Waals surface area contributed by atoms with Crippen LogP contribution in [0.3, 0.4) is 0 Å². The van der Waals surface area contributed by atoms with Gasteiger partial charge in [-0.15, -0.1) is 0 Å². The second kappa shape index (κ2) is 15.7. The Kier molecular flexibility index (Phi) is 12.9. The van der Waals surface area contributed by atoms with Crippen LogP contribution in [0.25, 0.3) is 0 Å². The number of esters is 1. The van der Waals surface area contributed by atoms with E-state index in [4.69, 9.17) is 0 Å². The van der Waals surface area contributed by atoms with Gasteiger partial charge in [0.15, 0.2) is 0 Å². The van der Waals surface area contributed by atoms with Gasteiger partial charge in [-0.2, -0.15) is 0 Å². The third-order valence-electron chi connectivity index (χ3n) is 6.71. The topological polar surface area (TPSA) is 66.8 Å². The fourth-order valence-corrected chi connectivity index (χ4v) is 4.47. The molecule has 1 saturated heterocycles. The Balaban J connectivity index is 1.62. The number of hydrogen-bond acceptors (Lipinski definition) is 4.